The van der Waals surface area contributed by atoms with Crippen LogP contribution >= 0.6 is 0 Å². The van der Waals surface area contributed by atoms with Crippen molar-refractivity contribution in [3.05, 3.63) is 77.6 Å². The van der Waals surface area contributed by atoms with Crippen LogP contribution in [0.15, 0.2) is 48.7 Å². The Morgan fingerprint density at radius 3 is 2.00 bits per heavy atom. The molecule has 150 valence electrons. The van der Waals surface area contributed by atoms with E-state index in [1.54, 1.807) is 0 Å². The van der Waals surface area contributed by atoms with Gasteiger partial charge in [-0.1, -0.05) is 0 Å². The van der Waals surface area contributed by atoms with E-state index in [2.05, 4.69) is 15.7 Å². The fraction of sp³-hybridized carbons (Fsp3) is 0.105. The lowest BCUT2D eigenvalue weighted by molar-refractivity contribution is -0.119. The van der Waals surface area contributed by atoms with Crippen molar-refractivity contribution in [2.75, 3.05) is 10.6 Å². The molecule has 0 fully saturated rings. The van der Waals surface area contributed by atoms with E-state index < -0.39 is 41.1 Å². The van der Waals surface area contributed by atoms with Crippen molar-refractivity contribution in [2.24, 2.45) is 0 Å². The summed E-state index contributed by atoms with van der Waals surface area (Å²) in [6, 6.07) is 5.72. The molecule has 1 aromatic heterocycles. The molecule has 10 heteroatoms. The Morgan fingerprint density at radius 1 is 0.897 bits per heavy atom. The van der Waals surface area contributed by atoms with E-state index in [9.17, 15) is 27.2 Å². The van der Waals surface area contributed by atoms with E-state index >= 15 is 0 Å². The molecule has 1 atom stereocenters. The topological polar surface area (TPSA) is 76.0 Å². The van der Waals surface area contributed by atoms with Crippen molar-refractivity contribution in [1.29, 1.82) is 0 Å². The summed E-state index contributed by atoms with van der Waals surface area (Å²) in [5.41, 5.74) is -0.565. The van der Waals surface area contributed by atoms with Crippen LogP contribution in [0.5, 0.6) is 0 Å². The number of nitrogens with one attached hydrogen (secondary N) is 2. The number of benzene rings is 2. The highest BCUT2D eigenvalue weighted by atomic mass is 19.1. The Hall–Kier alpha value is -3.69. The number of rotatable bonds is 5. The number of carbonyl (C=O) groups is 2. The highest BCUT2D eigenvalue weighted by molar-refractivity contribution is 6.03. The second-order valence-corrected chi connectivity index (χ2v) is 6.05. The molecular weight excluding hydrogens is 392 g/mol. The molecule has 0 aliphatic heterocycles. The minimum absolute atomic E-state index is 0.124. The van der Waals surface area contributed by atoms with Crippen LogP contribution in [-0.2, 0) is 4.79 Å². The molecule has 3 rings (SSSR count). The molecule has 2 aromatic carbocycles. The molecule has 2 N–H and O–H groups in total. The number of anilines is 2. The first-order valence-corrected chi connectivity index (χ1v) is 8.32. The molecule has 6 nitrogen and oxygen atoms in total. The second kappa shape index (κ2) is 8.13. The molecule has 3 aromatic rings. The van der Waals surface area contributed by atoms with Crippen LogP contribution in [0.25, 0.3) is 0 Å². The number of hydrogen-bond acceptors (Lipinski definition) is 3. The van der Waals surface area contributed by atoms with Crippen molar-refractivity contribution in [2.45, 2.75) is 13.0 Å². The van der Waals surface area contributed by atoms with Crippen molar-refractivity contribution in [3.8, 4) is 0 Å². The third kappa shape index (κ3) is 4.60. The lowest BCUT2D eigenvalue weighted by Gasteiger charge is -2.13. The first kappa shape index (κ1) is 20.1. The van der Waals surface area contributed by atoms with Gasteiger partial charge in [0.2, 0.25) is 5.91 Å². The molecule has 0 unspecified atom stereocenters. The van der Waals surface area contributed by atoms with Gasteiger partial charge in [0.05, 0.1) is 11.4 Å². The summed E-state index contributed by atoms with van der Waals surface area (Å²) in [5.74, 6) is -4.89. The number of aromatic nitrogens is 2. The van der Waals surface area contributed by atoms with Gasteiger partial charge < -0.3 is 10.6 Å². The predicted octanol–water partition coefficient (Wildman–Crippen LogP) is 3.89. The molecule has 2 amide bonds. The Morgan fingerprint density at radius 2 is 1.45 bits per heavy atom. The third-order valence-corrected chi connectivity index (χ3v) is 3.99. The molecule has 0 radical (unpaired) electrons. The van der Waals surface area contributed by atoms with Gasteiger partial charge >= 0.3 is 0 Å². The van der Waals surface area contributed by atoms with Gasteiger partial charge in [-0.05, 0) is 37.3 Å². The van der Waals surface area contributed by atoms with Gasteiger partial charge in [-0.25, -0.2) is 17.6 Å². The van der Waals surface area contributed by atoms with E-state index in [1.165, 1.54) is 19.2 Å². The molecule has 0 saturated carbocycles. The van der Waals surface area contributed by atoms with Gasteiger partial charge in [-0.15, -0.1) is 0 Å². The SMILES string of the molecule is C[C@H](C(=O)Nc1ccc(F)cc1F)n1ccc(C(=O)Nc2ccc(F)cc2F)n1. The van der Waals surface area contributed by atoms with Crippen molar-refractivity contribution in [3.63, 3.8) is 0 Å². The van der Waals surface area contributed by atoms with Gasteiger partial charge in [0.15, 0.2) is 5.69 Å². The highest BCUT2D eigenvalue weighted by Gasteiger charge is 2.20. The van der Waals surface area contributed by atoms with Gasteiger partial charge in [0.1, 0.15) is 29.3 Å². The molecule has 0 saturated heterocycles. The van der Waals surface area contributed by atoms with Gasteiger partial charge in [0, 0.05) is 18.3 Å². The fourth-order valence-electron chi connectivity index (χ4n) is 2.40. The normalized spacial score (nSPS) is 11.8. The van der Waals surface area contributed by atoms with E-state index in [1.807, 2.05) is 0 Å². The van der Waals surface area contributed by atoms with E-state index in [4.69, 9.17) is 0 Å². The van der Waals surface area contributed by atoms with E-state index in [0.717, 1.165) is 28.9 Å². The summed E-state index contributed by atoms with van der Waals surface area (Å²) in [7, 11) is 0. The van der Waals surface area contributed by atoms with Gasteiger partial charge in [-0.2, -0.15) is 5.10 Å². The lowest BCUT2D eigenvalue weighted by Crippen LogP contribution is -2.25. The van der Waals surface area contributed by atoms with Crippen molar-refractivity contribution >= 4 is 23.2 Å². The monoisotopic (exact) mass is 406 g/mol. The second-order valence-electron chi connectivity index (χ2n) is 6.05. The summed E-state index contributed by atoms with van der Waals surface area (Å²) in [6.45, 7) is 1.45. The summed E-state index contributed by atoms with van der Waals surface area (Å²) >= 11 is 0. The maximum atomic E-state index is 13.7. The summed E-state index contributed by atoms with van der Waals surface area (Å²) in [5, 5.41) is 8.49. The minimum Gasteiger partial charge on any atom is -0.322 e. The molecule has 0 aliphatic carbocycles. The average molecular weight is 406 g/mol. The summed E-state index contributed by atoms with van der Waals surface area (Å²) in [4.78, 5) is 24.5. The maximum absolute atomic E-state index is 13.7. The maximum Gasteiger partial charge on any atom is 0.276 e. The molecule has 29 heavy (non-hydrogen) atoms. The zero-order valence-electron chi connectivity index (χ0n) is 14.9. The van der Waals surface area contributed by atoms with Crippen LogP contribution in [0.4, 0.5) is 28.9 Å². The number of nitrogens with zero attached hydrogens (tertiary/aromatic N) is 2. The molecular formula is C19H14F4N4O2. The Bertz CT molecular complexity index is 1080. The van der Waals surface area contributed by atoms with Crippen LogP contribution in [-0.4, -0.2) is 21.6 Å². The zero-order chi connectivity index (χ0) is 21.1. The van der Waals surface area contributed by atoms with Crippen molar-refractivity contribution in [1.82, 2.24) is 9.78 Å². The van der Waals surface area contributed by atoms with Crippen LogP contribution in [0.3, 0.4) is 0 Å². The van der Waals surface area contributed by atoms with Gasteiger partial charge in [-0.3, -0.25) is 14.3 Å². The Labute approximate surface area is 162 Å². The van der Waals surface area contributed by atoms with E-state index in [-0.39, 0.29) is 17.1 Å². The standard InChI is InChI=1S/C19H14F4N4O2/c1-10(18(28)24-15-4-2-11(20)8-13(15)22)27-7-6-17(26-27)19(29)25-16-5-3-12(21)9-14(16)23/h2-10H,1H3,(H,24,28)(H,25,29)/t10-/m1/s1. The molecule has 0 bridgehead atoms. The lowest BCUT2D eigenvalue weighted by atomic mass is 10.2. The third-order valence-electron chi connectivity index (χ3n) is 3.99. The first-order chi connectivity index (χ1) is 13.7. The number of amides is 2. The summed E-state index contributed by atoms with van der Waals surface area (Å²) < 4.78 is 54.3. The highest BCUT2D eigenvalue weighted by Crippen LogP contribution is 2.18. The molecule has 0 aliphatic rings. The van der Waals surface area contributed by atoms with E-state index in [0.29, 0.717) is 12.1 Å². The Balaban J connectivity index is 1.69. The fourth-order valence-corrected chi connectivity index (χ4v) is 2.40. The molecule has 1 heterocycles. The number of carbonyl (C=O) groups excluding carboxylic acids is 2. The van der Waals surface area contributed by atoms with Crippen LogP contribution < -0.4 is 10.6 Å². The quantitative estimate of drug-likeness (QED) is 0.632. The molecule has 0 spiro atoms. The van der Waals surface area contributed by atoms with Crippen LogP contribution in [0, 0.1) is 23.3 Å². The number of hydrogen-bond donors (Lipinski definition) is 2. The van der Waals surface area contributed by atoms with Crippen LogP contribution in [0.2, 0.25) is 0 Å². The smallest absolute Gasteiger partial charge is 0.276 e. The number of halogens is 4. The van der Waals surface area contributed by atoms with Crippen LogP contribution in [0.1, 0.15) is 23.5 Å². The Kier molecular flexibility index (Phi) is 5.62. The zero-order valence-corrected chi connectivity index (χ0v) is 14.9. The first-order valence-electron chi connectivity index (χ1n) is 8.32. The van der Waals surface area contributed by atoms with Gasteiger partial charge in [0.25, 0.3) is 5.91 Å². The average Bonchev–Trinajstić information content (AvgIpc) is 3.16. The summed E-state index contributed by atoms with van der Waals surface area (Å²) in [6.07, 6.45) is 1.33. The van der Waals surface area contributed by atoms with Crippen molar-refractivity contribution < 1.29 is 27.2 Å². The predicted molar refractivity (Wildman–Crippen MR) is 96.2 cm³/mol. The minimum atomic E-state index is -0.952. The largest absolute Gasteiger partial charge is 0.322 e.